The molecule has 0 fully saturated rings. The van der Waals surface area contributed by atoms with Crippen LogP contribution < -0.4 is 5.73 Å². The number of rotatable bonds is 1. The molecule has 2 aromatic heterocycles. The smallest absolute Gasteiger partial charge is 0.115 e. The van der Waals surface area contributed by atoms with E-state index in [-0.39, 0.29) is 0 Å². The van der Waals surface area contributed by atoms with Crippen molar-refractivity contribution in [3.63, 3.8) is 0 Å². The first-order valence-corrected chi connectivity index (χ1v) is 4.57. The van der Waals surface area contributed by atoms with Crippen molar-refractivity contribution >= 4 is 16.3 Å². The maximum Gasteiger partial charge on any atom is 0.115 e. The lowest BCUT2D eigenvalue weighted by atomic mass is 10.2. The average molecular weight is 192 g/mol. The number of nitrogens with zero attached hydrogens (tertiary/aromatic N) is 3. The summed E-state index contributed by atoms with van der Waals surface area (Å²) >= 11 is 1.48. The van der Waals surface area contributed by atoms with E-state index >= 15 is 0 Å². The number of aryl methyl sites for hydroxylation is 1. The largest absolute Gasteiger partial charge is 0.389 e. The summed E-state index contributed by atoms with van der Waals surface area (Å²) < 4.78 is 0. The predicted octanol–water partition coefficient (Wildman–Crippen LogP) is 1.49. The van der Waals surface area contributed by atoms with Gasteiger partial charge in [-0.15, -0.1) is 11.3 Å². The SMILES string of the molecule is Cc1nc(-c2cncnc2)c(N)s1. The fourth-order valence-corrected chi connectivity index (χ4v) is 1.79. The maximum atomic E-state index is 5.77. The minimum atomic E-state index is 0.715. The van der Waals surface area contributed by atoms with E-state index in [1.165, 1.54) is 17.7 Å². The van der Waals surface area contributed by atoms with Crippen LogP contribution >= 0.6 is 11.3 Å². The second kappa shape index (κ2) is 3.10. The molecule has 13 heavy (non-hydrogen) atoms. The van der Waals surface area contributed by atoms with Gasteiger partial charge in [-0.1, -0.05) is 0 Å². The Bertz CT molecular complexity index is 409. The van der Waals surface area contributed by atoms with E-state index in [1.54, 1.807) is 12.4 Å². The summed E-state index contributed by atoms with van der Waals surface area (Å²) in [5.41, 5.74) is 7.42. The third-order valence-electron chi connectivity index (χ3n) is 1.59. The Labute approximate surface area is 79.5 Å². The van der Waals surface area contributed by atoms with Gasteiger partial charge >= 0.3 is 0 Å². The van der Waals surface area contributed by atoms with Crippen LogP contribution in [0.2, 0.25) is 0 Å². The summed E-state index contributed by atoms with van der Waals surface area (Å²) in [5.74, 6) is 0. The highest BCUT2D eigenvalue weighted by Crippen LogP contribution is 2.28. The summed E-state index contributed by atoms with van der Waals surface area (Å²) in [6.45, 7) is 1.92. The lowest BCUT2D eigenvalue weighted by molar-refractivity contribution is 1.16. The second-order valence-electron chi connectivity index (χ2n) is 2.57. The summed E-state index contributed by atoms with van der Waals surface area (Å²) in [5, 5.41) is 1.67. The third kappa shape index (κ3) is 1.50. The fraction of sp³-hybridized carbons (Fsp3) is 0.125. The van der Waals surface area contributed by atoms with Crippen LogP contribution in [0.1, 0.15) is 5.01 Å². The van der Waals surface area contributed by atoms with E-state index in [2.05, 4.69) is 15.0 Å². The van der Waals surface area contributed by atoms with Gasteiger partial charge < -0.3 is 5.73 Å². The van der Waals surface area contributed by atoms with Gasteiger partial charge in [0.2, 0.25) is 0 Å². The Morgan fingerprint density at radius 3 is 2.54 bits per heavy atom. The monoisotopic (exact) mass is 192 g/mol. The molecule has 0 aliphatic carbocycles. The van der Waals surface area contributed by atoms with Crippen LogP contribution in [0.4, 0.5) is 5.00 Å². The van der Waals surface area contributed by atoms with Crippen molar-refractivity contribution < 1.29 is 0 Å². The molecule has 0 amide bonds. The molecule has 2 aromatic rings. The van der Waals surface area contributed by atoms with Gasteiger partial charge in [-0.2, -0.15) is 0 Å². The quantitative estimate of drug-likeness (QED) is 0.743. The average Bonchev–Trinajstić information content (AvgIpc) is 2.47. The Morgan fingerprint density at radius 1 is 1.31 bits per heavy atom. The molecule has 2 N–H and O–H groups in total. The molecular formula is C8H8N4S. The first-order chi connectivity index (χ1) is 6.27. The van der Waals surface area contributed by atoms with E-state index in [0.717, 1.165) is 16.3 Å². The number of aromatic nitrogens is 3. The molecule has 0 aromatic carbocycles. The van der Waals surface area contributed by atoms with Crippen LogP contribution in [0.25, 0.3) is 11.3 Å². The van der Waals surface area contributed by atoms with Crippen molar-refractivity contribution in [1.82, 2.24) is 15.0 Å². The molecule has 0 saturated heterocycles. The van der Waals surface area contributed by atoms with Gasteiger partial charge in [0.1, 0.15) is 17.0 Å². The molecule has 0 unspecified atom stereocenters. The predicted molar refractivity (Wildman–Crippen MR) is 52.3 cm³/mol. The second-order valence-corrected chi connectivity index (χ2v) is 3.81. The molecule has 5 heteroatoms. The molecule has 0 spiro atoms. The zero-order valence-corrected chi connectivity index (χ0v) is 7.88. The summed E-state index contributed by atoms with van der Waals surface area (Å²) in [4.78, 5) is 12.1. The van der Waals surface area contributed by atoms with Crippen LogP contribution in [-0.2, 0) is 0 Å². The van der Waals surface area contributed by atoms with Crippen molar-refractivity contribution in [3.8, 4) is 11.3 Å². The van der Waals surface area contributed by atoms with Crippen molar-refractivity contribution in [2.24, 2.45) is 0 Å². The molecule has 0 aliphatic heterocycles. The number of hydrogen-bond acceptors (Lipinski definition) is 5. The van der Waals surface area contributed by atoms with Crippen LogP contribution in [0.3, 0.4) is 0 Å². The van der Waals surface area contributed by atoms with E-state index < -0.39 is 0 Å². The van der Waals surface area contributed by atoms with Crippen molar-refractivity contribution in [2.75, 3.05) is 5.73 Å². The fourth-order valence-electron chi connectivity index (χ4n) is 1.07. The lowest BCUT2D eigenvalue weighted by Crippen LogP contribution is -1.87. The minimum Gasteiger partial charge on any atom is -0.389 e. The first kappa shape index (κ1) is 8.12. The van der Waals surface area contributed by atoms with E-state index in [0.29, 0.717) is 5.00 Å². The molecular weight excluding hydrogens is 184 g/mol. The van der Waals surface area contributed by atoms with E-state index in [1.807, 2.05) is 6.92 Å². The molecule has 0 bridgehead atoms. The molecule has 2 rings (SSSR count). The Hall–Kier alpha value is -1.49. The topological polar surface area (TPSA) is 64.7 Å². The summed E-state index contributed by atoms with van der Waals surface area (Å²) in [6, 6.07) is 0. The normalized spacial score (nSPS) is 10.2. The van der Waals surface area contributed by atoms with E-state index in [4.69, 9.17) is 5.73 Å². The van der Waals surface area contributed by atoms with Gasteiger partial charge in [0.05, 0.1) is 5.01 Å². The molecule has 2 heterocycles. The van der Waals surface area contributed by atoms with Gasteiger partial charge in [0, 0.05) is 18.0 Å². The number of hydrogen-bond donors (Lipinski definition) is 1. The van der Waals surface area contributed by atoms with E-state index in [9.17, 15) is 0 Å². The first-order valence-electron chi connectivity index (χ1n) is 3.75. The molecule has 0 aliphatic rings. The van der Waals surface area contributed by atoms with Gasteiger partial charge in [-0.25, -0.2) is 15.0 Å². The van der Waals surface area contributed by atoms with Crippen LogP contribution in [0.5, 0.6) is 0 Å². The van der Waals surface area contributed by atoms with Crippen molar-refractivity contribution in [1.29, 1.82) is 0 Å². The van der Waals surface area contributed by atoms with Gasteiger partial charge in [-0.3, -0.25) is 0 Å². The zero-order valence-electron chi connectivity index (χ0n) is 7.06. The van der Waals surface area contributed by atoms with Gasteiger partial charge in [-0.05, 0) is 6.92 Å². The molecule has 0 saturated carbocycles. The molecule has 0 radical (unpaired) electrons. The van der Waals surface area contributed by atoms with Crippen LogP contribution in [0, 0.1) is 6.92 Å². The highest BCUT2D eigenvalue weighted by molar-refractivity contribution is 7.16. The highest BCUT2D eigenvalue weighted by Gasteiger charge is 2.07. The zero-order chi connectivity index (χ0) is 9.26. The van der Waals surface area contributed by atoms with Gasteiger partial charge in [0.15, 0.2) is 0 Å². The number of nitrogens with two attached hydrogens (primary N) is 1. The highest BCUT2D eigenvalue weighted by atomic mass is 32.1. The number of nitrogen functional groups attached to an aromatic ring is 1. The maximum absolute atomic E-state index is 5.77. The third-order valence-corrected chi connectivity index (χ3v) is 2.39. The van der Waals surface area contributed by atoms with Crippen LogP contribution in [0.15, 0.2) is 18.7 Å². The molecule has 0 atom stereocenters. The minimum absolute atomic E-state index is 0.715. The standard InChI is InChI=1S/C8H8N4S/c1-5-12-7(8(9)13-5)6-2-10-4-11-3-6/h2-4H,9H2,1H3. The Balaban J connectivity index is 2.53. The van der Waals surface area contributed by atoms with Gasteiger partial charge in [0.25, 0.3) is 0 Å². The Morgan fingerprint density at radius 2 is 2.00 bits per heavy atom. The number of thiazole rings is 1. The lowest BCUT2D eigenvalue weighted by Gasteiger charge is -1.94. The Kier molecular flexibility index (Phi) is 1.94. The summed E-state index contributed by atoms with van der Waals surface area (Å²) in [7, 11) is 0. The summed E-state index contributed by atoms with van der Waals surface area (Å²) in [6.07, 6.45) is 4.90. The molecule has 66 valence electrons. The molecule has 4 nitrogen and oxygen atoms in total. The van der Waals surface area contributed by atoms with Crippen molar-refractivity contribution in [3.05, 3.63) is 23.7 Å². The van der Waals surface area contributed by atoms with Crippen LogP contribution in [-0.4, -0.2) is 15.0 Å². The number of anilines is 1. The van der Waals surface area contributed by atoms with Crippen molar-refractivity contribution in [2.45, 2.75) is 6.92 Å².